The lowest BCUT2D eigenvalue weighted by molar-refractivity contribution is 0.0448. The van der Waals surface area contributed by atoms with Crippen molar-refractivity contribution in [2.45, 2.75) is 78.5 Å². The summed E-state index contributed by atoms with van der Waals surface area (Å²) in [6, 6.07) is 0.453. The smallest absolute Gasteiger partial charge is 0.408 e. The molecule has 0 aromatic heterocycles. The zero-order chi connectivity index (χ0) is 23.7. The summed E-state index contributed by atoms with van der Waals surface area (Å²) < 4.78 is 5.48. The molecule has 8 heteroatoms. The first-order chi connectivity index (χ1) is 14.4. The van der Waals surface area contributed by atoms with Crippen molar-refractivity contribution >= 4 is 12.1 Å². The quantitative estimate of drug-likeness (QED) is 0.378. The SMILES string of the molecule is CCC(CC)(CNC(=NC)NCC(C(C)C)N1CCN(C)CC1)NC(=O)OC(C)(C)C. The lowest BCUT2D eigenvalue weighted by atomic mass is 9.93. The van der Waals surface area contributed by atoms with E-state index in [2.05, 4.69) is 65.5 Å². The van der Waals surface area contributed by atoms with Gasteiger partial charge in [0, 0.05) is 52.4 Å². The highest BCUT2D eigenvalue weighted by molar-refractivity contribution is 5.80. The van der Waals surface area contributed by atoms with E-state index in [1.54, 1.807) is 7.05 Å². The van der Waals surface area contributed by atoms with Crippen LogP contribution in [0.2, 0.25) is 0 Å². The third kappa shape index (κ3) is 9.64. The first-order valence-corrected chi connectivity index (χ1v) is 11.8. The molecule has 0 bridgehead atoms. The van der Waals surface area contributed by atoms with Gasteiger partial charge in [0.15, 0.2) is 5.96 Å². The number of alkyl carbamates (subject to hydrolysis) is 1. The molecule has 1 saturated heterocycles. The molecule has 182 valence electrons. The highest BCUT2D eigenvalue weighted by Crippen LogP contribution is 2.17. The number of likely N-dealkylation sites (N-methyl/N-ethyl adjacent to an activating group) is 1. The lowest BCUT2D eigenvalue weighted by Crippen LogP contribution is -2.58. The summed E-state index contributed by atoms with van der Waals surface area (Å²) in [5, 5.41) is 10.0. The molecule has 1 rings (SSSR count). The average Bonchev–Trinajstić information content (AvgIpc) is 2.69. The van der Waals surface area contributed by atoms with Gasteiger partial charge in [-0.1, -0.05) is 27.7 Å². The molecule has 0 aliphatic carbocycles. The second kappa shape index (κ2) is 12.5. The molecule has 0 aromatic carbocycles. The minimum Gasteiger partial charge on any atom is -0.444 e. The van der Waals surface area contributed by atoms with Crippen molar-refractivity contribution in [1.29, 1.82) is 0 Å². The number of guanidine groups is 1. The van der Waals surface area contributed by atoms with Crippen LogP contribution in [0, 0.1) is 5.92 Å². The third-order valence-corrected chi connectivity index (χ3v) is 6.19. The largest absolute Gasteiger partial charge is 0.444 e. The first-order valence-electron chi connectivity index (χ1n) is 11.8. The van der Waals surface area contributed by atoms with Gasteiger partial charge in [0.05, 0.1) is 5.54 Å². The lowest BCUT2D eigenvalue weighted by Gasteiger charge is -2.40. The van der Waals surface area contributed by atoms with Crippen LogP contribution >= 0.6 is 0 Å². The van der Waals surface area contributed by atoms with Crippen molar-refractivity contribution in [3.8, 4) is 0 Å². The predicted octanol–water partition coefficient (Wildman–Crippen LogP) is 2.51. The van der Waals surface area contributed by atoms with Gasteiger partial charge in [0.2, 0.25) is 0 Å². The standard InChI is InChI=1S/C23H48N6O2/c1-10-23(11-2,27-21(30)31-22(5,6)7)17-26-20(24-8)25-16-19(18(3)4)29-14-12-28(9)13-15-29/h18-19H,10-17H2,1-9H3,(H,27,30)(H2,24,25,26). The second-order valence-corrected chi connectivity index (χ2v) is 10.1. The molecule has 31 heavy (non-hydrogen) atoms. The number of hydrogen-bond donors (Lipinski definition) is 3. The van der Waals surface area contributed by atoms with E-state index in [1.807, 2.05) is 20.8 Å². The highest BCUT2D eigenvalue weighted by Gasteiger charge is 2.31. The molecule has 1 fully saturated rings. The van der Waals surface area contributed by atoms with E-state index in [0.717, 1.165) is 51.5 Å². The molecular formula is C23H48N6O2. The molecule has 0 radical (unpaired) electrons. The van der Waals surface area contributed by atoms with Gasteiger partial charge in [-0.2, -0.15) is 0 Å². The number of aliphatic imine (C=N–C) groups is 1. The Bertz CT molecular complexity index is 561. The zero-order valence-corrected chi connectivity index (χ0v) is 21.5. The van der Waals surface area contributed by atoms with Crippen LogP contribution in [0.3, 0.4) is 0 Å². The first kappa shape index (κ1) is 27.5. The molecule has 3 N–H and O–H groups in total. The van der Waals surface area contributed by atoms with Crippen molar-refractivity contribution in [2.24, 2.45) is 10.9 Å². The molecule has 0 spiro atoms. The van der Waals surface area contributed by atoms with Gasteiger partial charge in [-0.15, -0.1) is 0 Å². The summed E-state index contributed by atoms with van der Waals surface area (Å²) in [6.45, 7) is 20.2. The predicted molar refractivity (Wildman–Crippen MR) is 130 cm³/mol. The van der Waals surface area contributed by atoms with Crippen LogP contribution in [0.25, 0.3) is 0 Å². The summed E-state index contributed by atoms with van der Waals surface area (Å²) in [5.41, 5.74) is -0.910. The number of carbonyl (C=O) groups excluding carboxylic acids is 1. The Morgan fingerprint density at radius 2 is 1.65 bits per heavy atom. The van der Waals surface area contributed by atoms with Gasteiger partial charge < -0.3 is 25.6 Å². The number of ether oxygens (including phenoxy) is 1. The molecule has 1 heterocycles. The van der Waals surface area contributed by atoms with Crippen LogP contribution in [-0.2, 0) is 4.74 Å². The summed E-state index contributed by atoms with van der Waals surface area (Å²) in [4.78, 5) is 21.8. The van der Waals surface area contributed by atoms with Crippen molar-refractivity contribution in [3.05, 3.63) is 0 Å². The Hall–Kier alpha value is -1.54. The van der Waals surface area contributed by atoms with E-state index in [9.17, 15) is 4.79 Å². The van der Waals surface area contributed by atoms with Crippen LogP contribution in [0.1, 0.15) is 61.3 Å². The fourth-order valence-corrected chi connectivity index (χ4v) is 3.86. The molecular weight excluding hydrogens is 392 g/mol. The normalized spacial score (nSPS) is 18.1. The number of nitrogens with zero attached hydrogens (tertiary/aromatic N) is 3. The molecule has 1 aliphatic rings. The van der Waals surface area contributed by atoms with Crippen molar-refractivity contribution in [2.75, 3.05) is 53.4 Å². The number of carbonyl (C=O) groups is 1. The Morgan fingerprint density at radius 1 is 1.06 bits per heavy atom. The van der Waals surface area contributed by atoms with Crippen molar-refractivity contribution in [1.82, 2.24) is 25.8 Å². The molecule has 0 saturated carbocycles. The average molecular weight is 441 g/mol. The summed E-state index contributed by atoms with van der Waals surface area (Å²) >= 11 is 0. The van der Waals surface area contributed by atoms with E-state index in [-0.39, 0.29) is 6.09 Å². The number of piperazine rings is 1. The van der Waals surface area contributed by atoms with Gasteiger partial charge in [0.1, 0.15) is 5.60 Å². The molecule has 1 amide bonds. The van der Waals surface area contributed by atoms with Crippen molar-refractivity contribution < 1.29 is 9.53 Å². The van der Waals surface area contributed by atoms with Crippen LogP contribution in [-0.4, -0.2) is 92.4 Å². The van der Waals surface area contributed by atoms with Gasteiger partial charge in [-0.25, -0.2) is 4.79 Å². The van der Waals surface area contributed by atoms with Crippen LogP contribution < -0.4 is 16.0 Å². The highest BCUT2D eigenvalue weighted by atomic mass is 16.6. The van der Waals surface area contributed by atoms with Crippen LogP contribution in [0.15, 0.2) is 4.99 Å². The summed E-state index contributed by atoms with van der Waals surface area (Å²) in [5.74, 6) is 1.31. The van der Waals surface area contributed by atoms with Gasteiger partial charge in [-0.05, 0) is 46.6 Å². The number of rotatable bonds is 9. The van der Waals surface area contributed by atoms with E-state index < -0.39 is 11.1 Å². The molecule has 0 aromatic rings. The molecule has 1 aliphatic heterocycles. The number of nitrogens with one attached hydrogen (secondary N) is 3. The van der Waals surface area contributed by atoms with Gasteiger partial charge in [-0.3, -0.25) is 9.89 Å². The minimum atomic E-state index is -0.516. The maximum absolute atomic E-state index is 12.4. The van der Waals surface area contributed by atoms with Gasteiger partial charge >= 0.3 is 6.09 Å². The monoisotopic (exact) mass is 440 g/mol. The molecule has 8 nitrogen and oxygen atoms in total. The van der Waals surface area contributed by atoms with E-state index in [4.69, 9.17) is 4.74 Å². The molecule has 1 atom stereocenters. The zero-order valence-electron chi connectivity index (χ0n) is 21.5. The summed E-state index contributed by atoms with van der Waals surface area (Å²) in [6.07, 6.45) is 1.21. The Labute approximate surface area is 190 Å². The second-order valence-electron chi connectivity index (χ2n) is 10.1. The number of hydrogen-bond acceptors (Lipinski definition) is 5. The maximum Gasteiger partial charge on any atom is 0.408 e. The van der Waals surface area contributed by atoms with Crippen LogP contribution in [0.5, 0.6) is 0 Å². The Morgan fingerprint density at radius 3 is 2.10 bits per heavy atom. The maximum atomic E-state index is 12.4. The van der Waals surface area contributed by atoms with E-state index in [1.165, 1.54) is 0 Å². The summed E-state index contributed by atoms with van der Waals surface area (Å²) in [7, 11) is 3.97. The minimum absolute atomic E-state index is 0.379. The van der Waals surface area contributed by atoms with E-state index >= 15 is 0 Å². The Balaban J connectivity index is 2.67. The fourth-order valence-electron chi connectivity index (χ4n) is 3.86. The van der Waals surface area contributed by atoms with Gasteiger partial charge in [0.25, 0.3) is 0 Å². The van der Waals surface area contributed by atoms with Crippen LogP contribution in [0.4, 0.5) is 4.79 Å². The Kier molecular flexibility index (Phi) is 11.1. The number of amides is 1. The van der Waals surface area contributed by atoms with Crippen molar-refractivity contribution in [3.63, 3.8) is 0 Å². The topological polar surface area (TPSA) is 81.2 Å². The third-order valence-electron chi connectivity index (χ3n) is 6.19. The fraction of sp³-hybridized carbons (Fsp3) is 0.913. The molecule has 1 unspecified atom stereocenters. The van der Waals surface area contributed by atoms with E-state index in [0.29, 0.717) is 18.5 Å².